The third-order valence-corrected chi connectivity index (χ3v) is 2.79. The Bertz CT molecular complexity index is 377. The summed E-state index contributed by atoms with van der Waals surface area (Å²) in [5.41, 5.74) is -2.67. The first-order valence-corrected chi connectivity index (χ1v) is 6.97. The molecule has 0 spiro atoms. The number of hydrogen-bond acceptors (Lipinski definition) is 3. The highest BCUT2D eigenvalue weighted by atomic mass is 16.3. The molecule has 0 aliphatic rings. The van der Waals surface area contributed by atoms with Gasteiger partial charge in [0.05, 0.1) is 0 Å². The highest BCUT2D eigenvalue weighted by molar-refractivity contribution is 5.05. The van der Waals surface area contributed by atoms with Gasteiger partial charge < -0.3 is 15.3 Å². The zero-order valence-corrected chi connectivity index (χ0v) is 14.2. The van der Waals surface area contributed by atoms with Crippen molar-refractivity contribution in [3.8, 4) is 37.0 Å². The molecular weight excluding hydrogens is 264 g/mol. The molecule has 0 bridgehead atoms. The summed E-state index contributed by atoms with van der Waals surface area (Å²) < 4.78 is 0. The molecule has 0 aliphatic carbocycles. The van der Waals surface area contributed by atoms with Crippen molar-refractivity contribution >= 4 is 0 Å². The molecule has 0 saturated heterocycles. The Morgan fingerprint density at radius 3 is 1.05 bits per heavy atom. The van der Waals surface area contributed by atoms with Gasteiger partial charge in [-0.3, -0.25) is 0 Å². The van der Waals surface area contributed by atoms with E-state index < -0.39 is 16.8 Å². The Morgan fingerprint density at radius 2 is 1.05 bits per heavy atom. The number of rotatable bonds is 3. The average Bonchev–Trinajstić information content (AvgIpc) is 2.47. The van der Waals surface area contributed by atoms with Gasteiger partial charge in [-0.05, 0) is 40.0 Å². The average molecular weight is 294 g/mol. The van der Waals surface area contributed by atoms with Crippen molar-refractivity contribution in [1.29, 1.82) is 0 Å². The second-order valence-corrected chi connectivity index (χ2v) is 5.36. The zero-order chi connectivity index (χ0) is 17.7. The standard InChI is InChI=1S/C7H12O.C6H10O.C5H8O/c1-4-7(8,5-2)6-3;1-4-6(3,7)5-2;1-4-5(2,3)6/h1,8H,5-6H2,2-3H3;1,7H,5H2,2-3H3;1,6H,2-3H3. The molecule has 0 aliphatic heterocycles. The van der Waals surface area contributed by atoms with E-state index in [1.165, 1.54) is 0 Å². The Morgan fingerprint density at radius 1 is 0.714 bits per heavy atom. The summed E-state index contributed by atoms with van der Waals surface area (Å²) in [6.45, 7) is 10.3. The van der Waals surface area contributed by atoms with Crippen LogP contribution < -0.4 is 0 Å². The molecule has 3 heteroatoms. The largest absolute Gasteiger partial charge is 0.378 e. The van der Waals surface area contributed by atoms with Gasteiger partial charge in [0.25, 0.3) is 0 Å². The minimum atomic E-state index is -0.931. The van der Waals surface area contributed by atoms with Crippen molar-refractivity contribution < 1.29 is 15.3 Å². The second kappa shape index (κ2) is 11.2. The molecule has 21 heavy (non-hydrogen) atoms. The van der Waals surface area contributed by atoms with Crippen LogP contribution in [0.1, 0.15) is 60.8 Å². The first kappa shape index (κ1) is 24.6. The molecule has 0 radical (unpaired) electrons. The van der Waals surface area contributed by atoms with Crippen molar-refractivity contribution in [2.24, 2.45) is 0 Å². The first-order chi connectivity index (χ1) is 9.36. The maximum Gasteiger partial charge on any atom is 0.124 e. The van der Waals surface area contributed by atoms with Gasteiger partial charge in [-0.25, -0.2) is 0 Å². The van der Waals surface area contributed by atoms with Crippen LogP contribution in [0, 0.1) is 37.0 Å². The van der Waals surface area contributed by atoms with E-state index in [4.69, 9.17) is 29.5 Å². The van der Waals surface area contributed by atoms with Crippen molar-refractivity contribution in [3.05, 3.63) is 0 Å². The van der Waals surface area contributed by atoms with E-state index in [-0.39, 0.29) is 0 Å². The highest BCUT2D eigenvalue weighted by Gasteiger charge is 2.16. The van der Waals surface area contributed by atoms with Crippen LogP contribution in [0.3, 0.4) is 0 Å². The van der Waals surface area contributed by atoms with E-state index in [0.717, 1.165) is 0 Å². The number of hydrogen-bond donors (Lipinski definition) is 3. The Kier molecular flexibility index (Phi) is 13.2. The summed E-state index contributed by atoms with van der Waals surface area (Å²) in [5.74, 6) is 6.74. The summed E-state index contributed by atoms with van der Waals surface area (Å²) in [6, 6.07) is 0. The van der Waals surface area contributed by atoms with Gasteiger partial charge in [-0.15, -0.1) is 19.3 Å². The zero-order valence-electron chi connectivity index (χ0n) is 14.2. The summed E-state index contributed by atoms with van der Waals surface area (Å²) >= 11 is 0. The third-order valence-electron chi connectivity index (χ3n) is 2.79. The topological polar surface area (TPSA) is 60.7 Å². The Labute approximate surface area is 130 Å². The summed E-state index contributed by atoms with van der Waals surface area (Å²) in [7, 11) is 0. The maximum atomic E-state index is 9.20. The third kappa shape index (κ3) is 18.6. The number of terminal acetylenes is 3. The van der Waals surface area contributed by atoms with Gasteiger partial charge >= 0.3 is 0 Å². The van der Waals surface area contributed by atoms with Gasteiger partial charge in [0.2, 0.25) is 0 Å². The fourth-order valence-corrected chi connectivity index (χ4v) is 0.556. The molecule has 0 rings (SSSR count). The lowest BCUT2D eigenvalue weighted by molar-refractivity contribution is 0.0933. The van der Waals surface area contributed by atoms with Gasteiger partial charge in [-0.1, -0.05) is 38.5 Å². The smallest absolute Gasteiger partial charge is 0.124 e. The summed E-state index contributed by atoms with van der Waals surface area (Å²) in [6.07, 6.45) is 16.6. The summed E-state index contributed by atoms with van der Waals surface area (Å²) in [4.78, 5) is 0. The van der Waals surface area contributed by atoms with E-state index in [2.05, 4.69) is 17.8 Å². The lowest BCUT2D eigenvalue weighted by Crippen LogP contribution is -2.23. The fourth-order valence-electron chi connectivity index (χ4n) is 0.556. The lowest BCUT2D eigenvalue weighted by Gasteiger charge is -2.16. The molecule has 0 aromatic carbocycles. The van der Waals surface area contributed by atoms with E-state index >= 15 is 0 Å². The molecule has 3 N–H and O–H groups in total. The molecule has 0 aromatic heterocycles. The van der Waals surface area contributed by atoms with Crippen LogP contribution in [0.15, 0.2) is 0 Å². The number of aliphatic hydroxyl groups is 3. The maximum absolute atomic E-state index is 9.20. The van der Waals surface area contributed by atoms with Crippen LogP contribution in [-0.2, 0) is 0 Å². The SMILES string of the molecule is C#CC(C)(C)O.C#CC(C)(O)CC.C#CC(O)(CC)CC. The predicted octanol–water partition coefficient (Wildman–Crippen LogP) is 2.34. The molecule has 1 atom stereocenters. The molecule has 120 valence electrons. The molecule has 0 fully saturated rings. The normalized spacial score (nSPS) is 12.9. The fraction of sp³-hybridized carbons (Fsp3) is 0.667. The van der Waals surface area contributed by atoms with Gasteiger partial charge in [0.15, 0.2) is 0 Å². The van der Waals surface area contributed by atoms with Crippen molar-refractivity contribution in [2.45, 2.75) is 77.6 Å². The van der Waals surface area contributed by atoms with E-state index in [1.807, 2.05) is 20.8 Å². The summed E-state index contributed by atoms with van der Waals surface area (Å²) in [5, 5.41) is 26.7. The Hall–Kier alpha value is -1.44. The molecular formula is C18H30O3. The van der Waals surface area contributed by atoms with E-state index in [0.29, 0.717) is 19.3 Å². The van der Waals surface area contributed by atoms with Crippen LogP contribution in [0.5, 0.6) is 0 Å². The van der Waals surface area contributed by atoms with Gasteiger partial charge in [-0.2, -0.15) is 0 Å². The monoisotopic (exact) mass is 294 g/mol. The van der Waals surface area contributed by atoms with Gasteiger partial charge in [0, 0.05) is 0 Å². The highest BCUT2D eigenvalue weighted by Crippen LogP contribution is 2.11. The van der Waals surface area contributed by atoms with Crippen LogP contribution in [0.25, 0.3) is 0 Å². The molecule has 3 nitrogen and oxygen atoms in total. The van der Waals surface area contributed by atoms with Crippen LogP contribution in [-0.4, -0.2) is 32.1 Å². The molecule has 0 heterocycles. The second-order valence-electron chi connectivity index (χ2n) is 5.36. The molecule has 0 saturated carbocycles. The molecule has 0 amide bonds. The van der Waals surface area contributed by atoms with Crippen LogP contribution in [0.2, 0.25) is 0 Å². The van der Waals surface area contributed by atoms with Crippen LogP contribution in [0.4, 0.5) is 0 Å². The van der Waals surface area contributed by atoms with E-state index in [1.54, 1.807) is 20.8 Å². The molecule has 0 aromatic rings. The lowest BCUT2D eigenvalue weighted by atomic mass is 9.99. The van der Waals surface area contributed by atoms with Crippen molar-refractivity contribution in [2.75, 3.05) is 0 Å². The quantitative estimate of drug-likeness (QED) is 0.700. The van der Waals surface area contributed by atoms with E-state index in [9.17, 15) is 5.11 Å². The minimum Gasteiger partial charge on any atom is -0.378 e. The Balaban J connectivity index is -0.000000234. The van der Waals surface area contributed by atoms with Gasteiger partial charge in [0.1, 0.15) is 16.8 Å². The van der Waals surface area contributed by atoms with Crippen LogP contribution >= 0.6 is 0 Å². The predicted molar refractivity (Wildman–Crippen MR) is 89.2 cm³/mol. The van der Waals surface area contributed by atoms with Crippen molar-refractivity contribution in [1.82, 2.24) is 0 Å². The molecule has 1 unspecified atom stereocenters. The minimum absolute atomic E-state index is 0.615. The first-order valence-electron chi connectivity index (χ1n) is 6.97. The van der Waals surface area contributed by atoms with Crippen molar-refractivity contribution in [3.63, 3.8) is 0 Å².